The number of Topliss-reactive ketones (excluding diaryl/α,β-unsaturated/α-hetero) is 1. The van der Waals surface area contributed by atoms with E-state index in [1.54, 1.807) is 7.11 Å². The molecule has 0 aliphatic carbocycles. The maximum Gasteiger partial charge on any atom is 0.221 e. The van der Waals surface area contributed by atoms with Crippen LogP contribution in [0.4, 0.5) is 0 Å². The van der Waals surface area contributed by atoms with Gasteiger partial charge in [0.15, 0.2) is 0 Å². The number of ether oxygens (including phenoxy) is 1. The van der Waals surface area contributed by atoms with Crippen molar-refractivity contribution >= 4 is 11.7 Å². The summed E-state index contributed by atoms with van der Waals surface area (Å²) in [7, 11) is 1.73. The molecular formula is C39H78N2O3. The molecule has 0 aromatic carbocycles. The monoisotopic (exact) mass is 623 g/mol. The summed E-state index contributed by atoms with van der Waals surface area (Å²) in [5, 5.41) is 3.12. The van der Waals surface area contributed by atoms with Crippen molar-refractivity contribution in [2.45, 2.75) is 200 Å². The van der Waals surface area contributed by atoms with Gasteiger partial charge in [-0.15, -0.1) is 0 Å². The molecule has 0 aromatic heterocycles. The summed E-state index contributed by atoms with van der Waals surface area (Å²) in [4.78, 5) is 27.3. The first-order chi connectivity index (χ1) is 21.6. The molecule has 1 amide bonds. The van der Waals surface area contributed by atoms with Crippen LogP contribution in [0.2, 0.25) is 0 Å². The van der Waals surface area contributed by atoms with Gasteiger partial charge in [0.25, 0.3) is 0 Å². The molecule has 0 heterocycles. The van der Waals surface area contributed by atoms with Gasteiger partial charge in [-0.3, -0.25) is 9.59 Å². The van der Waals surface area contributed by atoms with Gasteiger partial charge in [0.2, 0.25) is 5.91 Å². The Kier molecular flexibility index (Phi) is 35.7. The van der Waals surface area contributed by atoms with Crippen molar-refractivity contribution in [1.29, 1.82) is 0 Å². The molecule has 0 unspecified atom stereocenters. The third-order valence-electron chi connectivity index (χ3n) is 9.10. The molecule has 0 atom stereocenters. The van der Waals surface area contributed by atoms with Crippen molar-refractivity contribution in [2.24, 2.45) is 0 Å². The summed E-state index contributed by atoms with van der Waals surface area (Å²) in [5.74, 6) is 0.518. The fraction of sp³-hybridized carbons (Fsp3) is 0.949. The van der Waals surface area contributed by atoms with E-state index in [0.29, 0.717) is 31.7 Å². The van der Waals surface area contributed by atoms with Gasteiger partial charge in [-0.05, 0) is 19.3 Å². The highest BCUT2D eigenvalue weighted by Crippen LogP contribution is 2.14. The maximum absolute atomic E-state index is 12.5. The summed E-state index contributed by atoms with van der Waals surface area (Å²) in [6, 6.07) is 0. The van der Waals surface area contributed by atoms with E-state index in [0.717, 1.165) is 45.4 Å². The third-order valence-corrected chi connectivity index (χ3v) is 9.10. The first-order valence-corrected chi connectivity index (χ1v) is 19.6. The average molecular weight is 623 g/mol. The highest BCUT2D eigenvalue weighted by molar-refractivity contribution is 5.78. The van der Waals surface area contributed by atoms with Gasteiger partial charge >= 0.3 is 0 Å². The van der Waals surface area contributed by atoms with Crippen LogP contribution in [0.25, 0.3) is 0 Å². The molecule has 262 valence electrons. The Morgan fingerprint density at radius 2 is 0.886 bits per heavy atom. The molecule has 0 saturated carbocycles. The highest BCUT2D eigenvalue weighted by atomic mass is 16.5. The number of amides is 1. The molecule has 5 nitrogen and oxygen atoms in total. The predicted octanol–water partition coefficient (Wildman–Crippen LogP) is 11.0. The van der Waals surface area contributed by atoms with Crippen molar-refractivity contribution in [2.75, 3.05) is 39.9 Å². The van der Waals surface area contributed by atoms with Crippen molar-refractivity contribution in [3.63, 3.8) is 0 Å². The molecule has 1 N–H and O–H groups in total. The number of hydrogen-bond acceptors (Lipinski definition) is 4. The molecule has 44 heavy (non-hydrogen) atoms. The van der Waals surface area contributed by atoms with E-state index in [9.17, 15) is 9.59 Å². The highest BCUT2D eigenvalue weighted by Gasteiger charge is 2.11. The van der Waals surface area contributed by atoms with Crippen LogP contribution in [0.15, 0.2) is 0 Å². The molecule has 0 rings (SSSR count). The zero-order valence-electron chi connectivity index (χ0n) is 30.2. The van der Waals surface area contributed by atoms with Crippen molar-refractivity contribution < 1.29 is 14.3 Å². The second kappa shape index (κ2) is 36.5. The van der Waals surface area contributed by atoms with Gasteiger partial charge in [0.05, 0.1) is 0 Å². The number of hydrogen-bond donors (Lipinski definition) is 1. The topological polar surface area (TPSA) is 58.6 Å². The van der Waals surface area contributed by atoms with Crippen molar-refractivity contribution in [3.05, 3.63) is 0 Å². The summed E-state index contributed by atoms with van der Waals surface area (Å²) < 4.78 is 5.23. The van der Waals surface area contributed by atoms with E-state index in [1.165, 1.54) is 148 Å². The van der Waals surface area contributed by atoms with Crippen molar-refractivity contribution in [3.8, 4) is 0 Å². The van der Waals surface area contributed by atoms with E-state index < -0.39 is 0 Å². The first-order valence-electron chi connectivity index (χ1n) is 19.6. The minimum atomic E-state index is 0.142. The number of ketones is 1. The SMILES string of the molecule is CCCCCCCCCCCCCCCC(=O)CCN(CCCOC)CCC(=O)NCCCCCCCCCCCCCC. The number of methoxy groups -OCH3 is 1. The Morgan fingerprint density at radius 1 is 0.477 bits per heavy atom. The lowest BCUT2D eigenvalue weighted by Gasteiger charge is -2.21. The van der Waals surface area contributed by atoms with Gasteiger partial charge < -0.3 is 15.0 Å². The zero-order valence-corrected chi connectivity index (χ0v) is 30.2. The molecule has 0 aliphatic rings. The predicted molar refractivity (Wildman–Crippen MR) is 192 cm³/mol. The minimum Gasteiger partial charge on any atom is -0.385 e. The Morgan fingerprint density at radius 3 is 1.34 bits per heavy atom. The molecule has 5 heteroatoms. The largest absolute Gasteiger partial charge is 0.385 e. The average Bonchev–Trinajstić information content (AvgIpc) is 3.02. The summed E-state index contributed by atoms with van der Waals surface area (Å²) >= 11 is 0. The van der Waals surface area contributed by atoms with Crippen LogP contribution in [0.1, 0.15) is 200 Å². The first kappa shape index (κ1) is 43.1. The number of unbranched alkanes of at least 4 members (excludes halogenated alkanes) is 23. The lowest BCUT2D eigenvalue weighted by molar-refractivity contribution is -0.121. The van der Waals surface area contributed by atoms with Crippen LogP contribution in [0.5, 0.6) is 0 Å². The van der Waals surface area contributed by atoms with E-state index in [4.69, 9.17) is 4.74 Å². The van der Waals surface area contributed by atoms with Gasteiger partial charge in [-0.1, -0.05) is 162 Å². The molecule has 0 saturated heterocycles. The van der Waals surface area contributed by atoms with Gasteiger partial charge in [0, 0.05) is 59.2 Å². The van der Waals surface area contributed by atoms with Crippen LogP contribution in [-0.2, 0) is 14.3 Å². The number of nitrogens with one attached hydrogen (secondary N) is 1. The standard InChI is InChI=1S/C39H78N2O3/c1-4-6-8-10-12-14-16-18-19-21-23-25-27-30-38(42)31-35-41(34-29-37-44-3)36-32-39(43)40-33-28-26-24-22-20-17-15-13-11-9-7-5-2/h4-37H2,1-3H3,(H,40,43). The van der Waals surface area contributed by atoms with Crippen LogP contribution >= 0.6 is 0 Å². The Hall–Kier alpha value is -0.940. The molecule has 0 aliphatic heterocycles. The van der Waals surface area contributed by atoms with Crippen LogP contribution in [0, 0.1) is 0 Å². The number of rotatable bonds is 37. The molecule has 0 aromatic rings. The number of carbonyl (C=O) groups is 2. The van der Waals surface area contributed by atoms with Crippen LogP contribution < -0.4 is 5.32 Å². The summed E-state index contributed by atoms with van der Waals surface area (Å²) in [5.41, 5.74) is 0. The normalized spacial score (nSPS) is 11.5. The van der Waals surface area contributed by atoms with Gasteiger partial charge in [0.1, 0.15) is 5.78 Å². The number of nitrogens with zero attached hydrogens (tertiary/aromatic N) is 1. The molecule has 0 radical (unpaired) electrons. The smallest absolute Gasteiger partial charge is 0.221 e. The maximum atomic E-state index is 12.5. The van der Waals surface area contributed by atoms with Crippen LogP contribution in [-0.4, -0.2) is 56.5 Å². The molecular weight excluding hydrogens is 544 g/mol. The van der Waals surface area contributed by atoms with E-state index in [1.807, 2.05) is 0 Å². The molecule has 0 fully saturated rings. The summed E-state index contributed by atoms with van der Waals surface area (Å²) in [6.45, 7) is 8.42. The Labute approximate surface area is 275 Å². The lowest BCUT2D eigenvalue weighted by atomic mass is 10.0. The number of carbonyl (C=O) groups excluding carboxylic acids is 2. The second-order valence-electron chi connectivity index (χ2n) is 13.5. The Bertz CT molecular complexity index is 552. The van der Waals surface area contributed by atoms with E-state index >= 15 is 0 Å². The van der Waals surface area contributed by atoms with Gasteiger partial charge in [-0.25, -0.2) is 0 Å². The minimum absolute atomic E-state index is 0.142. The summed E-state index contributed by atoms with van der Waals surface area (Å²) in [6.07, 6.45) is 36.1. The molecule has 0 bridgehead atoms. The van der Waals surface area contributed by atoms with E-state index in [-0.39, 0.29) is 5.91 Å². The second-order valence-corrected chi connectivity index (χ2v) is 13.5. The lowest BCUT2D eigenvalue weighted by Crippen LogP contribution is -2.33. The van der Waals surface area contributed by atoms with Crippen LogP contribution in [0.3, 0.4) is 0 Å². The Balaban J connectivity index is 3.80. The molecule has 0 spiro atoms. The van der Waals surface area contributed by atoms with Gasteiger partial charge in [-0.2, -0.15) is 0 Å². The zero-order chi connectivity index (χ0) is 32.2. The fourth-order valence-corrected chi connectivity index (χ4v) is 6.06. The quantitative estimate of drug-likeness (QED) is 0.0700. The van der Waals surface area contributed by atoms with Crippen molar-refractivity contribution in [1.82, 2.24) is 10.2 Å². The fourth-order valence-electron chi connectivity index (χ4n) is 6.06. The van der Waals surface area contributed by atoms with E-state index in [2.05, 4.69) is 24.1 Å². The third kappa shape index (κ3) is 33.9.